The minimum Gasteiger partial charge on any atom is -0.132 e. The average Bonchev–Trinajstić information content (AvgIpc) is 2.14. The van der Waals surface area contributed by atoms with Crippen molar-refractivity contribution in [2.24, 2.45) is 0 Å². The number of hydrogen-bond donors (Lipinski definition) is 1. The van der Waals surface area contributed by atoms with Crippen molar-refractivity contribution in [1.29, 1.82) is 0 Å². The first-order chi connectivity index (χ1) is 3.84. The van der Waals surface area contributed by atoms with Gasteiger partial charge >= 0.3 is 0 Å². The normalized spacial score (nSPS) is 9.75. The second-order valence-corrected chi connectivity index (χ2v) is 2.64. The molecular formula is C4H6N2S2. The summed E-state index contributed by atoms with van der Waals surface area (Å²) >= 11 is 5.48. The van der Waals surface area contributed by atoms with Crippen molar-refractivity contribution in [2.75, 3.05) is 0 Å². The van der Waals surface area contributed by atoms with Gasteiger partial charge < -0.3 is 0 Å². The first-order valence-corrected chi connectivity index (χ1v) is 3.57. The van der Waals surface area contributed by atoms with Gasteiger partial charge in [0.05, 0.1) is 4.88 Å². The predicted octanol–water partition coefficient (Wildman–Crippen LogP) is 1.39. The van der Waals surface area contributed by atoms with Crippen LogP contribution < -0.4 is 0 Å². The van der Waals surface area contributed by atoms with Crippen molar-refractivity contribution in [1.82, 2.24) is 9.59 Å². The van der Waals surface area contributed by atoms with Gasteiger partial charge in [-0.2, -0.15) is 0 Å². The molecule has 1 rings (SSSR count). The number of thiol groups is 1. The number of nitrogens with zero attached hydrogens (tertiary/aromatic N) is 2. The SMILES string of the molecule is CCc1snnc1S. The monoisotopic (exact) mass is 146 g/mol. The molecule has 0 spiro atoms. The molecule has 0 bridgehead atoms. The molecule has 0 aliphatic heterocycles. The summed E-state index contributed by atoms with van der Waals surface area (Å²) in [5.41, 5.74) is 0. The second kappa shape index (κ2) is 2.46. The van der Waals surface area contributed by atoms with Gasteiger partial charge in [-0.25, -0.2) is 0 Å². The van der Waals surface area contributed by atoms with Crippen LogP contribution >= 0.6 is 24.2 Å². The van der Waals surface area contributed by atoms with Gasteiger partial charge in [-0.1, -0.05) is 11.4 Å². The smallest absolute Gasteiger partial charge is 0.131 e. The zero-order valence-electron chi connectivity index (χ0n) is 4.46. The fraction of sp³-hybridized carbons (Fsp3) is 0.500. The van der Waals surface area contributed by atoms with Gasteiger partial charge in [0.1, 0.15) is 5.03 Å². The molecule has 1 aromatic heterocycles. The molecule has 0 saturated heterocycles. The van der Waals surface area contributed by atoms with E-state index in [9.17, 15) is 0 Å². The van der Waals surface area contributed by atoms with Crippen LogP contribution in [0, 0.1) is 0 Å². The molecule has 4 heteroatoms. The van der Waals surface area contributed by atoms with Crippen molar-refractivity contribution in [3.63, 3.8) is 0 Å². The van der Waals surface area contributed by atoms with Gasteiger partial charge in [-0.15, -0.1) is 17.7 Å². The molecule has 0 amide bonds. The second-order valence-electron chi connectivity index (χ2n) is 1.37. The lowest BCUT2D eigenvalue weighted by Crippen LogP contribution is -1.72. The summed E-state index contributed by atoms with van der Waals surface area (Å²) in [4.78, 5) is 1.16. The fourth-order valence-electron chi connectivity index (χ4n) is 0.428. The molecule has 0 radical (unpaired) electrons. The summed E-state index contributed by atoms with van der Waals surface area (Å²) in [6, 6.07) is 0. The lowest BCUT2D eigenvalue weighted by molar-refractivity contribution is 0.994. The number of rotatable bonds is 1. The topological polar surface area (TPSA) is 25.8 Å². The van der Waals surface area contributed by atoms with Gasteiger partial charge in [-0.05, 0) is 18.0 Å². The Bertz CT molecular complexity index is 172. The lowest BCUT2D eigenvalue weighted by Gasteiger charge is -1.82. The number of aryl methyl sites for hydroxylation is 1. The van der Waals surface area contributed by atoms with Crippen LogP contribution in [0.15, 0.2) is 5.03 Å². The van der Waals surface area contributed by atoms with E-state index < -0.39 is 0 Å². The molecule has 1 heterocycles. The molecule has 0 fully saturated rings. The Hall–Kier alpha value is -0.0900. The molecule has 0 aromatic carbocycles. The van der Waals surface area contributed by atoms with Crippen molar-refractivity contribution in [3.8, 4) is 0 Å². The van der Waals surface area contributed by atoms with Gasteiger partial charge in [-0.3, -0.25) is 0 Å². The summed E-state index contributed by atoms with van der Waals surface area (Å²) < 4.78 is 3.71. The van der Waals surface area contributed by atoms with Crippen LogP contribution in [0.4, 0.5) is 0 Å². The standard InChI is InChI=1S/C4H6N2S2/c1-2-3-4(7)5-6-8-3/h7H,2H2,1H3. The Balaban J connectivity index is 2.92. The van der Waals surface area contributed by atoms with Gasteiger partial charge in [0.2, 0.25) is 0 Å². The quantitative estimate of drug-likeness (QED) is 0.606. The number of aromatic nitrogens is 2. The molecule has 0 saturated carbocycles. The highest BCUT2D eigenvalue weighted by Gasteiger charge is 1.97. The molecule has 0 atom stereocenters. The highest BCUT2D eigenvalue weighted by atomic mass is 32.1. The van der Waals surface area contributed by atoms with Crippen molar-refractivity contribution >= 4 is 24.2 Å². The first-order valence-electron chi connectivity index (χ1n) is 2.34. The molecule has 0 aliphatic carbocycles. The van der Waals surface area contributed by atoms with Crippen LogP contribution in [-0.4, -0.2) is 9.59 Å². The lowest BCUT2D eigenvalue weighted by atomic mass is 10.4. The van der Waals surface area contributed by atoms with Crippen LogP contribution in [0.1, 0.15) is 11.8 Å². The van der Waals surface area contributed by atoms with E-state index in [4.69, 9.17) is 0 Å². The maximum atomic E-state index is 4.07. The average molecular weight is 146 g/mol. The van der Waals surface area contributed by atoms with Crippen LogP contribution in [-0.2, 0) is 6.42 Å². The zero-order chi connectivity index (χ0) is 5.98. The van der Waals surface area contributed by atoms with E-state index in [1.54, 1.807) is 0 Å². The minimum absolute atomic E-state index is 0.775. The zero-order valence-corrected chi connectivity index (χ0v) is 6.17. The molecule has 8 heavy (non-hydrogen) atoms. The third-order valence-corrected chi connectivity index (χ3v) is 2.23. The Morgan fingerprint density at radius 2 is 2.50 bits per heavy atom. The van der Waals surface area contributed by atoms with E-state index in [2.05, 4.69) is 29.1 Å². The van der Waals surface area contributed by atoms with Crippen molar-refractivity contribution < 1.29 is 0 Å². The third kappa shape index (κ3) is 1.00. The Labute approximate surface area is 57.5 Å². The van der Waals surface area contributed by atoms with E-state index in [1.165, 1.54) is 11.5 Å². The van der Waals surface area contributed by atoms with Crippen LogP contribution in [0.2, 0.25) is 0 Å². The number of hydrogen-bond acceptors (Lipinski definition) is 4. The van der Waals surface area contributed by atoms with Crippen LogP contribution in [0.25, 0.3) is 0 Å². The van der Waals surface area contributed by atoms with Crippen molar-refractivity contribution in [3.05, 3.63) is 4.88 Å². The van der Waals surface area contributed by atoms with E-state index in [1.807, 2.05) is 0 Å². The van der Waals surface area contributed by atoms with Crippen molar-refractivity contribution in [2.45, 2.75) is 18.4 Å². The third-order valence-electron chi connectivity index (χ3n) is 0.857. The summed E-state index contributed by atoms with van der Waals surface area (Å²) in [6.07, 6.45) is 0.983. The summed E-state index contributed by atoms with van der Waals surface area (Å²) in [5.74, 6) is 0. The summed E-state index contributed by atoms with van der Waals surface area (Å²) in [5, 5.41) is 4.50. The molecule has 2 nitrogen and oxygen atoms in total. The van der Waals surface area contributed by atoms with Crippen LogP contribution in [0.3, 0.4) is 0 Å². The Morgan fingerprint density at radius 1 is 1.75 bits per heavy atom. The van der Waals surface area contributed by atoms with E-state index in [-0.39, 0.29) is 0 Å². The maximum Gasteiger partial charge on any atom is 0.131 e. The molecule has 0 aliphatic rings. The molecule has 0 N–H and O–H groups in total. The Kier molecular flexibility index (Phi) is 1.85. The van der Waals surface area contributed by atoms with E-state index in [0.717, 1.165) is 16.3 Å². The Morgan fingerprint density at radius 3 is 2.75 bits per heavy atom. The highest BCUT2D eigenvalue weighted by Crippen LogP contribution is 2.13. The summed E-state index contributed by atoms with van der Waals surface area (Å²) in [7, 11) is 0. The van der Waals surface area contributed by atoms with Gasteiger partial charge in [0.25, 0.3) is 0 Å². The van der Waals surface area contributed by atoms with E-state index >= 15 is 0 Å². The van der Waals surface area contributed by atoms with Gasteiger partial charge in [0.15, 0.2) is 0 Å². The molecule has 1 aromatic rings. The summed E-state index contributed by atoms with van der Waals surface area (Å²) in [6.45, 7) is 2.06. The predicted molar refractivity (Wildman–Crippen MR) is 36.5 cm³/mol. The first kappa shape index (κ1) is 6.04. The molecule has 0 unspecified atom stereocenters. The maximum absolute atomic E-state index is 4.07. The minimum atomic E-state index is 0.775. The molecular weight excluding hydrogens is 140 g/mol. The van der Waals surface area contributed by atoms with Gasteiger partial charge in [0, 0.05) is 0 Å². The largest absolute Gasteiger partial charge is 0.132 e. The highest BCUT2D eigenvalue weighted by molar-refractivity contribution is 7.80. The molecule has 44 valence electrons. The van der Waals surface area contributed by atoms with E-state index in [0.29, 0.717) is 0 Å². The fourth-order valence-corrected chi connectivity index (χ4v) is 1.29. The van der Waals surface area contributed by atoms with Crippen LogP contribution in [0.5, 0.6) is 0 Å².